The van der Waals surface area contributed by atoms with E-state index >= 15 is 0 Å². The van der Waals surface area contributed by atoms with Crippen LogP contribution in [0.2, 0.25) is 10.0 Å². The summed E-state index contributed by atoms with van der Waals surface area (Å²) in [6.07, 6.45) is 0.556. The highest BCUT2D eigenvalue weighted by Gasteiger charge is 2.18. The molecule has 0 saturated carbocycles. The fourth-order valence-electron chi connectivity index (χ4n) is 1.71. The summed E-state index contributed by atoms with van der Waals surface area (Å²) in [5.41, 5.74) is 0.904. The fraction of sp³-hybridized carbons (Fsp3) is 0. The molecule has 0 radical (unpaired) electrons. The minimum atomic E-state index is -0.548. The first-order valence-corrected chi connectivity index (χ1v) is 5.97. The lowest BCUT2D eigenvalue weighted by atomic mass is 10.0. The zero-order chi connectivity index (χ0) is 14.0. The molecule has 0 unspecified atom stereocenters. The normalized spacial score (nSPS) is 10.2. The van der Waals surface area contributed by atoms with E-state index in [2.05, 4.69) is 0 Å². The Balaban J connectivity index is 2.67. The van der Waals surface area contributed by atoms with Gasteiger partial charge in [-0.25, -0.2) is 0 Å². The van der Waals surface area contributed by atoms with Gasteiger partial charge in [0.25, 0.3) is 5.69 Å². The van der Waals surface area contributed by atoms with Crippen LogP contribution in [0, 0.1) is 10.1 Å². The maximum absolute atomic E-state index is 11.1. The average molecular weight is 296 g/mol. The van der Waals surface area contributed by atoms with Crippen molar-refractivity contribution in [1.29, 1.82) is 0 Å². The zero-order valence-electron chi connectivity index (χ0n) is 9.47. The van der Waals surface area contributed by atoms with E-state index in [1.54, 1.807) is 12.1 Å². The molecule has 0 N–H and O–H groups in total. The first-order valence-electron chi connectivity index (χ1n) is 5.22. The van der Waals surface area contributed by atoms with Crippen LogP contribution < -0.4 is 0 Å². The molecule has 96 valence electrons. The van der Waals surface area contributed by atoms with Gasteiger partial charge in [0.2, 0.25) is 0 Å². The van der Waals surface area contributed by atoms with Gasteiger partial charge in [-0.1, -0.05) is 35.3 Å². The number of hydrogen-bond donors (Lipinski definition) is 0. The quantitative estimate of drug-likeness (QED) is 0.479. The fourth-order valence-corrected chi connectivity index (χ4v) is 2.22. The number of hydrogen-bond acceptors (Lipinski definition) is 3. The van der Waals surface area contributed by atoms with Gasteiger partial charge in [0.1, 0.15) is 6.29 Å². The predicted octanol–water partition coefficient (Wildman–Crippen LogP) is 4.38. The molecule has 0 aliphatic rings. The number of rotatable bonds is 3. The van der Waals surface area contributed by atoms with Crippen LogP contribution in [0.25, 0.3) is 11.1 Å². The van der Waals surface area contributed by atoms with Crippen LogP contribution in [-0.2, 0) is 0 Å². The number of nitro groups is 1. The van der Waals surface area contributed by atoms with Crippen molar-refractivity contribution in [2.45, 2.75) is 0 Å². The third-order valence-electron chi connectivity index (χ3n) is 2.58. The minimum Gasteiger partial charge on any atom is -0.298 e. The summed E-state index contributed by atoms with van der Waals surface area (Å²) in [6.45, 7) is 0. The van der Waals surface area contributed by atoms with Crippen LogP contribution in [0.1, 0.15) is 10.4 Å². The highest BCUT2D eigenvalue weighted by atomic mass is 35.5. The van der Waals surface area contributed by atoms with Gasteiger partial charge in [0.05, 0.1) is 15.5 Å². The summed E-state index contributed by atoms with van der Waals surface area (Å²) in [7, 11) is 0. The molecular weight excluding hydrogens is 289 g/mol. The Bertz CT molecular complexity index is 671. The Morgan fingerprint density at radius 3 is 2.32 bits per heavy atom. The first kappa shape index (κ1) is 13.5. The highest BCUT2D eigenvalue weighted by molar-refractivity contribution is 6.36. The Labute approximate surface area is 118 Å². The summed E-state index contributed by atoms with van der Waals surface area (Å²) in [6, 6.07) is 8.92. The van der Waals surface area contributed by atoms with Crippen molar-refractivity contribution in [3.63, 3.8) is 0 Å². The van der Waals surface area contributed by atoms with Gasteiger partial charge in [0, 0.05) is 22.2 Å². The standard InChI is InChI=1S/C13H7Cl2NO3/c14-9-2-4-10(12(15)6-9)11-3-1-8(7-17)5-13(11)16(18)19/h1-7H. The zero-order valence-corrected chi connectivity index (χ0v) is 11.0. The van der Waals surface area contributed by atoms with Crippen LogP contribution in [0.4, 0.5) is 5.69 Å². The van der Waals surface area contributed by atoms with Crippen molar-refractivity contribution < 1.29 is 9.72 Å². The molecule has 0 saturated heterocycles. The van der Waals surface area contributed by atoms with Gasteiger partial charge in [-0.05, 0) is 18.2 Å². The second-order valence-corrected chi connectivity index (χ2v) is 4.62. The number of benzene rings is 2. The smallest absolute Gasteiger partial charge is 0.277 e. The van der Waals surface area contributed by atoms with E-state index in [1.165, 1.54) is 24.3 Å². The van der Waals surface area contributed by atoms with E-state index < -0.39 is 4.92 Å². The average Bonchev–Trinajstić information content (AvgIpc) is 2.38. The molecule has 0 amide bonds. The molecule has 2 aromatic carbocycles. The summed E-state index contributed by atoms with van der Waals surface area (Å²) in [5, 5.41) is 11.8. The van der Waals surface area contributed by atoms with Crippen LogP contribution in [-0.4, -0.2) is 11.2 Å². The molecule has 0 bridgehead atoms. The van der Waals surface area contributed by atoms with Gasteiger partial charge in [0.15, 0.2) is 0 Å². The van der Waals surface area contributed by atoms with Crippen molar-refractivity contribution in [2.24, 2.45) is 0 Å². The van der Waals surface area contributed by atoms with Crippen LogP contribution in [0.3, 0.4) is 0 Å². The molecule has 4 nitrogen and oxygen atoms in total. The van der Waals surface area contributed by atoms with Crippen molar-refractivity contribution in [1.82, 2.24) is 0 Å². The van der Waals surface area contributed by atoms with Gasteiger partial charge < -0.3 is 0 Å². The highest BCUT2D eigenvalue weighted by Crippen LogP contribution is 2.36. The van der Waals surface area contributed by atoms with E-state index in [4.69, 9.17) is 23.2 Å². The van der Waals surface area contributed by atoms with Crippen LogP contribution in [0.5, 0.6) is 0 Å². The molecule has 0 atom stereocenters. The van der Waals surface area contributed by atoms with Crippen molar-refractivity contribution >= 4 is 35.2 Å². The van der Waals surface area contributed by atoms with Crippen molar-refractivity contribution in [3.05, 3.63) is 62.1 Å². The minimum absolute atomic E-state index is 0.172. The number of nitro benzene ring substituents is 1. The monoisotopic (exact) mass is 295 g/mol. The van der Waals surface area contributed by atoms with E-state index in [9.17, 15) is 14.9 Å². The molecule has 19 heavy (non-hydrogen) atoms. The third kappa shape index (κ3) is 2.75. The Morgan fingerprint density at radius 2 is 1.74 bits per heavy atom. The molecule has 0 aromatic heterocycles. The predicted molar refractivity (Wildman–Crippen MR) is 73.9 cm³/mol. The number of halogens is 2. The Morgan fingerprint density at radius 1 is 1.05 bits per heavy atom. The van der Waals surface area contributed by atoms with Gasteiger partial charge in [-0.2, -0.15) is 0 Å². The van der Waals surface area contributed by atoms with Crippen LogP contribution >= 0.6 is 23.2 Å². The molecule has 2 aromatic rings. The number of nitrogens with zero attached hydrogens (tertiary/aromatic N) is 1. The van der Waals surface area contributed by atoms with Crippen molar-refractivity contribution in [2.75, 3.05) is 0 Å². The number of carbonyl (C=O) groups excluding carboxylic acids is 1. The lowest BCUT2D eigenvalue weighted by Crippen LogP contribution is -1.94. The summed E-state index contributed by atoms with van der Waals surface area (Å²) in [5.74, 6) is 0. The molecule has 2 rings (SSSR count). The van der Waals surface area contributed by atoms with Gasteiger partial charge in [-0.3, -0.25) is 14.9 Å². The van der Waals surface area contributed by atoms with Crippen molar-refractivity contribution in [3.8, 4) is 11.1 Å². The van der Waals surface area contributed by atoms with Gasteiger partial charge in [-0.15, -0.1) is 0 Å². The SMILES string of the molecule is O=Cc1ccc(-c2ccc(Cl)cc2Cl)c([N+](=O)[O-])c1. The molecule has 6 heteroatoms. The molecule has 0 spiro atoms. The Kier molecular flexibility index (Phi) is 3.83. The third-order valence-corrected chi connectivity index (χ3v) is 3.12. The molecule has 0 heterocycles. The summed E-state index contributed by atoms with van der Waals surface area (Å²) < 4.78 is 0. The second kappa shape index (κ2) is 5.38. The maximum Gasteiger partial charge on any atom is 0.277 e. The maximum atomic E-state index is 11.1. The molecule has 0 fully saturated rings. The molecule has 0 aliphatic carbocycles. The lowest BCUT2D eigenvalue weighted by Gasteiger charge is -2.06. The number of aldehydes is 1. The van der Waals surface area contributed by atoms with Gasteiger partial charge >= 0.3 is 0 Å². The second-order valence-electron chi connectivity index (χ2n) is 3.78. The van der Waals surface area contributed by atoms with E-state index in [0.717, 1.165) is 0 Å². The lowest BCUT2D eigenvalue weighted by molar-refractivity contribution is -0.384. The van der Waals surface area contributed by atoms with E-state index in [-0.39, 0.29) is 11.3 Å². The molecule has 0 aliphatic heterocycles. The molecular formula is C13H7Cl2NO3. The first-order chi connectivity index (χ1) is 9.02. The topological polar surface area (TPSA) is 60.2 Å². The summed E-state index contributed by atoms with van der Waals surface area (Å²) in [4.78, 5) is 21.2. The van der Waals surface area contributed by atoms with Crippen LogP contribution in [0.15, 0.2) is 36.4 Å². The summed E-state index contributed by atoms with van der Waals surface area (Å²) >= 11 is 11.8. The van der Waals surface area contributed by atoms with E-state index in [0.29, 0.717) is 27.5 Å². The largest absolute Gasteiger partial charge is 0.298 e. The van der Waals surface area contributed by atoms with E-state index in [1.807, 2.05) is 0 Å². The Hall–Kier alpha value is -1.91. The number of carbonyl (C=O) groups is 1.